The van der Waals surface area contributed by atoms with Gasteiger partial charge in [0.2, 0.25) is 0 Å². The lowest BCUT2D eigenvalue weighted by atomic mass is 9.72. The van der Waals surface area contributed by atoms with Gasteiger partial charge in [0.1, 0.15) is 0 Å². The van der Waals surface area contributed by atoms with Gasteiger partial charge < -0.3 is 5.32 Å². The molecule has 0 radical (unpaired) electrons. The van der Waals surface area contributed by atoms with Crippen molar-refractivity contribution in [2.24, 2.45) is 17.8 Å². The highest BCUT2D eigenvalue weighted by molar-refractivity contribution is 7.92. The van der Waals surface area contributed by atoms with Crippen LogP contribution in [-0.2, 0) is 9.84 Å². The Labute approximate surface area is 118 Å². The van der Waals surface area contributed by atoms with Crippen molar-refractivity contribution in [3.63, 3.8) is 0 Å². The number of nitrogens with one attached hydrogen (secondary N) is 1. The van der Waals surface area contributed by atoms with Crippen molar-refractivity contribution in [1.82, 2.24) is 5.32 Å². The fourth-order valence-corrected chi connectivity index (χ4v) is 6.65. The van der Waals surface area contributed by atoms with Gasteiger partial charge in [-0.25, -0.2) is 8.42 Å². The third kappa shape index (κ3) is 3.52. The molecule has 1 saturated heterocycles. The molecule has 2 aliphatic rings. The number of hydrogen-bond acceptors (Lipinski definition) is 3. The molecule has 1 N–H and O–H groups in total. The summed E-state index contributed by atoms with van der Waals surface area (Å²) >= 11 is 0. The maximum Gasteiger partial charge on any atom is 0.154 e. The predicted molar refractivity (Wildman–Crippen MR) is 79.9 cm³/mol. The summed E-state index contributed by atoms with van der Waals surface area (Å²) in [5, 5.41) is 3.21. The minimum atomic E-state index is -2.88. The van der Waals surface area contributed by atoms with E-state index >= 15 is 0 Å². The SMILES string of the molecule is CNC(C1CC(C)CC(C)C1)C1CCCCS1(=O)=O. The van der Waals surface area contributed by atoms with E-state index in [1.165, 1.54) is 19.3 Å². The zero-order valence-corrected chi connectivity index (χ0v) is 13.4. The zero-order chi connectivity index (χ0) is 14.0. The van der Waals surface area contributed by atoms with E-state index in [0.29, 0.717) is 11.7 Å². The second kappa shape index (κ2) is 6.13. The van der Waals surface area contributed by atoms with Crippen LogP contribution in [0.2, 0.25) is 0 Å². The molecule has 1 aliphatic carbocycles. The smallest absolute Gasteiger partial charge is 0.154 e. The molecule has 112 valence electrons. The highest BCUT2D eigenvalue weighted by Crippen LogP contribution is 2.38. The van der Waals surface area contributed by atoms with Gasteiger partial charge in [-0.1, -0.05) is 20.3 Å². The minimum Gasteiger partial charge on any atom is -0.315 e. The number of sulfone groups is 1. The van der Waals surface area contributed by atoms with Gasteiger partial charge in [0, 0.05) is 6.04 Å². The van der Waals surface area contributed by atoms with E-state index in [-0.39, 0.29) is 11.3 Å². The molecule has 4 atom stereocenters. The maximum absolute atomic E-state index is 12.3. The van der Waals surface area contributed by atoms with Crippen LogP contribution in [0, 0.1) is 17.8 Å². The Morgan fingerprint density at radius 1 is 1.05 bits per heavy atom. The Morgan fingerprint density at radius 2 is 1.68 bits per heavy atom. The lowest BCUT2D eigenvalue weighted by Gasteiger charge is -2.40. The molecule has 1 saturated carbocycles. The van der Waals surface area contributed by atoms with E-state index < -0.39 is 9.84 Å². The van der Waals surface area contributed by atoms with Crippen LogP contribution in [0.25, 0.3) is 0 Å². The Kier molecular flexibility index (Phi) is 4.93. The summed E-state index contributed by atoms with van der Waals surface area (Å²) in [5.41, 5.74) is 0. The van der Waals surface area contributed by atoms with Crippen LogP contribution in [0.4, 0.5) is 0 Å². The summed E-state index contributed by atoms with van der Waals surface area (Å²) in [6.07, 6.45) is 6.44. The van der Waals surface area contributed by atoms with Gasteiger partial charge in [-0.2, -0.15) is 0 Å². The van der Waals surface area contributed by atoms with Crippen molar-refractivity contribution in [1.29, 1.82) is 0 Å². The summed E-state index contributed by atoms with van der Waals surface area (Å²) < 4.78 is 24.7. The average Bonchev–Trinajstić information content (AvgIpc) is 2.30. The van der Waals surface area contributed by atoms with E-state index in [9.17, 15) is 8.42 Å². The van der Waals surface area contributed by atoms with Crippen molar-refractivity contribution < 1.29 is 8.42 Å². The van der Waals surface area contributed by atoms with Crippen molar-refractivity contribution in [3.8, 4) is 0 Å². The number of hydrogen-bond donors (Lipinski definition) is 1. The lowest BCUT2D eigenvalue weighted by Crippen LogP contribution is -2.51. The molecule has 0 amide bonds. The van der Waals surface area contributed by atoms with Gasteiger partial charge in [-0.15, -0.1) is 0 Å². The maximum atomic E-state index is 12.3. The number of rotatable bonds is 3. The second-order valence-corrected chi connectivity index (χ2v) is 9.23. The molecule has 0 aromatic heterocycles. The minimum absolute atomic E-state index is 0.145. The highest BCUT2D eigenvalue weighted by atomic mass is 32.2. The highest BCUT2D eigenvalue weighted by Gasteiger charge is 2.40. The molecule has 4 unspecified atom stereocenters. The van der Waals surface area contributed by atoms with Gasteiger partial charge in [-0.05, 0) is 56.9 Å². The predicted octanol–water partition coefficient (Wildman–Crippen LogP) is 2.61. The molecule has 0 spiro atoms. The Balaban J connectivity index is 2.14. The molecule has 2 rings (SSSR count). The van der Waals surface area contributed by atoms with Gasteiger partial charge in [-0.3, -0.25) is 0 Å². The summed E-state index contributed by atoms with van der Waals surface area (Å²) in [4.78, 5) is 0. The summed E-state index contributed by atoms with van der Waals surface area (Å²) in [7, 11) is -0.938. The Hall–Kier alpha value is -0.0900. The van der Waals surface area contributed by atoms with Gasteiger partial charge in [0.05, 0.1) is 11.0 Å². The van der Waals surface area contributed by atoms with Crippen LogP contribution in [0.1, 0.15) is 52.4 Å². The normalized spacial score (nSPS) is 40.8. The molecule has 19 heavy (non-hydrogen) atoms. The third-order valence-corrected chi connectivity index (χ3v) is 7.39. The molecule has 4 heteroatoms. The van der Waals surface area contributed by atoms with E-state index in [0.717, 1.165) is 31.1 Å². The van der Waals surface area contributed by atoms with Crippen molar-refractivity contribution in [2.75, 3.05) is 12.8 Å². The first-order chi connectivity index (χ1) is 8.94. The van der Waals surface area contributed by atoms with E-state index in [2.05, 4.69) is 19.2 Å². The largest absolute Gasteiger partial charge is 0.315 e. The Morgan fingerprint density at radius 3 is 2.21 bits per heavy atom. The standard InChI is InChI=1S/C15H29NO2S/c1-11-8-12(2)10-13(9-11)15(16-3)14-6-4-5-7-19(14,17)18/h11-16H,4-10H2,1-3H3. The van der Waals surface area contributed by atoms with Crippen LogP contribution < -0.4 is 5.32 Å². The monoisotopic (exact) mass is 287 g/mol. The fourth-order valence-electron chi connectivity index (χ4n) is 4.41. The van der Waals surface area contributed by atoms with Crippen LogP contribution in [0.3, 0.4) is 0 Å². The molecule has 0 bridgehead atoms. The van der Waals surface area contributed by atoms with Crippen LogP contribution >= 0.6 is 0 Å². The Bertz CT molecular complexity index is 383. The molecular weight excluding hydrogens is 258 g/mol. The molecular formula is C15H29NO2S. The summed E-state index contributed by atoms with van der Waals surface area (Å²) in [6.45, 7) is 4.62. The fraction of sp³-hybridized carbons (Fsp3) is 1.00. The molecule has 0 aromatic rings. The summed E-state index contributed by atoms with van der Waals surface area (Å²) in [5.74, 6) is 2.39. The van der Waals surface area contributed by atoms with Crippen LogP contribution in [0.5, 0.6) is 0 Å². The molecule has 1 aliphatic heterocycles. The molecule has 2 fully saturated rings. The first kappa shape index (κ1) is 15.3. The van der Waals surface area contributed by atoms with E-state index in [1.807, 2.05) is 7.05 Å². The molecule has 1 heterocycles. The van der Waals surface area contributed by atoms with Gasteiger partial charge >= 0.3 is 0 Å². The quantitative estimate of drug-likeness (QED) is 0.868. The van der Waals surface area contributed by atoms with Crippen LogP contribution in [-0.4, -0.2) is 32.5 Å². The van der Waals surface area contributed by atoms with E-state index in [4.69, 9.17) is 0 Å². The van der Waals surface area contributed by atoms with Gasteiger partial charge in [0.15, 0.2) is 9.84 Å². The first-order valence-electron chi connectivity index (χ1n) is 7.83. The van der Waals surface area contributed by atoms with Crippen molar-refractivity contribution in [3.05, 3.63) is 0 Å². The van der Waals surface area contributed by atoms with Gasteiger partial charge in [0.25, 0.3) is 0 Å². The zero-order valence-electron chi connectivity index (χ0n) is 12.6. The molecule has 0 aromatic carbocycles. The average molecular weight is 287 g/mol. The summed E-state index contributed by atoms with van der Waals surface area (Å²) in [6, 6.07) is 0.162. The topological polar surface area (TPSA) is 46.2 Å². The molecule has 3 nitrogen and oxygen atoms in total. The van der Waals surface area contributed by atoms with E-state index in [1.54, 1.807) is 0 Å². The van der Waals surface area contributed by atoms with Crippen molar-refractivity contribution >= 4 is 9.84 Å². The van der Waals surface area contributed by atoms with Crippen LogP contribution in [0.15, 0.2) is 0 Å². The second-order valence-electron chi connectivity index (χ2n) is 6.89. The lowest BCUT2D eigenvalue weighted by molar-refractivity contribution is 0.173. The third-order valence-electron chi connectivity index (χ3n) is 5.09. The first-order valence-corrected chi connectivity index (χ1v) is 9.54. The van der Waals surface area contributed by atoms with Crippen molar-refractivity contribution in [2.45, 2.75) is 63.7 Å².